The monoisotopic (exact) mass is 264 g/mol. The largest absolute Gasteiger partial charge is 0.275 e. The Labute approximate surface area is 112 Å². The maximum absolute atomic E-state index is 6.20. The number of rotatable bonds is 1. The molecule has 2 heterocycles. The summed E-state index contributed by atoms with van der Waals surface area (Å²) < 4.78 is 1.75. The molecule has 0 atom stereocenters. The van der Waals surface area contributed by atoms with Crippen molar-refractivity contribution < 1.29 is 0 Å². The molecule has 96 valence electrons. The molecule has 0 saturated carbocycles. The summed E-state index contributed by atoms with van der Waals surface area (Å²) in [6, 6.07) is 0. The Morgan fingerprint density at radius 1 is 1.22 bits per heavy atom. The Morgan fingerprint density at radius 3 is 2.39 bits per heavy atom. The van der Waals surface area contributed by atoms with Gasteiger partial charge in [-0.2, -0.15) is 5.10 Å². The molecule has 0 spiro atoms. The Bertz CT molecular complexity index is 581. The molecule has 18 heavy (non-hydrogen) atoms. The highest BCUT2D eigenvalue weighted by Crippen LogP contribution is 2.28. The lowest BCUT2D eigenvalue weighted by atomic mass is 9.95. The van der Waals surface area contributed by atoms with Gasteiger partial charge in [-0.1, -0.05) is 32.4 Å². The first-order valence-corrected chi connectivity index (χ1v) is 6.20. The number of aromatic nitrogens is 4. The smallest absolute Gasteiger partial charge is 0.136 e. The first-order chi connectivity index (χ1) is 8.29. The van der Waals surface area contributed by atoms with Crippen molar-refractivity contribution in [2.45, 2.75) is 33.1 Å². The molecule has 0 amide bonds. The second-order valence-electron chi connectivity index (χ2n) is 5.46. The van der Waals surface area contributed by atoms with Crippen LogP contribution in [0.3, 0.4) is 0 Å². The van der Waals surface area contributed by atoms with Gasteiger partial charge in [0, 0.05) is 29.8 Å². The summed E-state index contributed by atoms with van der Waals surface area (Å²) in [5.41, 5.74) is 2.57. The van der Waals surface area contributed by atoms with Gasteiger partial charge in [-0.05, 0) is 6.92 Å². The van der Waals surface area contributed by atoms with Crippen LogP contribution < -0.4 is 0 Å². The lowest BCUT2D eigenvalue weighted by Crippen LogP contribution is -2.17. The van der Waals surface area contributed by atoms with Crippen molar-refractivity contribution in [1.29, 1.82) is 0 Å². The van der Waals surface area contributed by atoms with Crippen molar-refractivity contribution in [3.63, 3.8) is 0 Å². The fourth-order valence-electron chi connectivity index (χ4n) is 1.65. The lowest BCUT2D eigenvalue weighted by molar-refractivity contribution is 0.545. The maximum atomic E-state index is 6.20. The van der Waals surface area contributed by atoms with Crippen LogP contribution in [0.25, 0.3) is 11.3 Å². The van der Waals surface area contributed by atoms with Gasteiger partial charge in [-0.25, -0.2) is 9.97 Å². The van der Waals surface area contributed by atoms with E-state index in [2.05, 4.69) is 35.8 Å². The highest BCUT2D eigenvalue weighted by Gasteiger charge is 2.21. The Morgan fingerprint density at radius 2 is 1.89 bits per heavy atom. The molecule has 2 aromatic rings. The van der Waals surface area contributed by atoms with Crippen LogP contribution >= 0.6 is 11.6 Å². The topological polar surface area (TPSA) is 43.6 Å². The lowest BCUT2D eigenvalue weighted by Gasteiger charge is -2.18. The van der Waals surface area contributed by atoms with Gasteiger partial charge in [0.25, 0.3) is 0 Å². The molecule has 0 aliphatic heterocycles. The van der Waals surface area contributed by atoms with Gasteiger partial charge in [0.1, 0.15) is 11.0 Å². The molecule has 0 fully saturated rings. The zero-order valence-corrected chi connectivity index (χ0v) is 12.1. The van der Waals surface area contributed by atoms with Crippen LogP contribution in [0.15, 0.2) is 12.4 Å². The summed E-state index contributed by atoms with van der Waals surface area (Å²) >= 11 is 6.20. The fourth-order valence-corrected chi connectivity index (χ4v) is 1.82. The predicted octanol–water partition coefficient (Wildman–Crippen LogP) is 3.14. The van der Waals surface area contributed by atoms with E-state index in [0.29, 0.717) is 5.15 Å². The van der Waals surface area contributed by atoms with Gasteiger partial charge in [0.2, 0.25) is 0 Å². The summed E-state index contributed by atoms with van der Waals surface area (Å²) in [4.78, 5) is 9.00. The summed E-state index contributed by atoms with van der Waals surface area (Å²) in [5.74, 6) is 0.747. The summed E-state index contributed by atoms with van der Waals surface area (Å²) in [6.07, 6.45) is 3.72. The van der Waals surface area contributed by atoms with E-state index >= 15 is 0 Å². The summed E-state index contributed by atoms with van der Waals surface area (Å²) in [7, 11) is 1.88. The predicted molar refractivity (Wildman–Crippen MR) is 72.7 cm³/mol. The molecule has 0 unspecified atom stereocenters. The van der Waals surface area contributed by atoms with Crippen LogP contribution in [0.5, 0.6) is 0 Å². The molecular formula is C13H17ClN4. The zero-order chi connectivity index (χ0) is 13.5. The van der Waals surface area contributed by atoms with E-state index in [9.17, 15) is 0 Å². The maximum Gasteiger partial charge on any atom is 0.136 e. The molecule has 0 aromatic carbocycles. The van der Waals surface area contributed by atoms with Crippen LogP contribution in [0.4, 0.5) is 0 Å². The molecule has 0 aliphatic rings. The van der Waals surface area contributed by atoms with Gasteiger partial charge in [0.15, 0.2) is 0 Å². The van der Waals surface area contributed by atoms with Crippen molar-refractivity contribution in [2.24, 2.45) is 7.05 Å². The SMILES string of the molecule is Cc1c(Cl)nc(C(C)(C)C)nc1-c1cnn(C)c1. The third kappa shape index (κ3) is 2.38. The molecule has 5 heteroatoms. The Hall–Kier alpha value is -1.42. The summed E-state index contributed by atoms with van der Waals surface area (Å²) in [5, 5.41) is 4.68. The number of nitrogens with zero attached hydrogens (tertiary/aromatic N) is 4. The van der Waals surface area contributed by atoms with Crippen LogP contribution in [-0.4, -0.2) is 19.7 Å². The van der Waals surface area contributed by atoms with E-state index < -0.39 is 0 Å². The molecule has 0 bridgehead atoms. The first kappa shape index (κ1) is 13.0. The van der Waals surface area contributed by atoms with Gasteiger partial charge in [-0.15, -0.1) is 0 Å². The third-order valence-corrected chi connectivity index (χ3v) is 3.10. The average Bonchev–Trinajstić information content (AvgIpc) is 2.67. The Balaban J connectivity index is 2.63. The standard InChI is InChI=1S/C13H17ClN4/c1-8-10(9-6-15-18(5)7-9)16-12(13(2,3)4)17-11(8)14/h6-7H,1-5H3. The van der Waals surface area contributed by atoms with Gasteiger partial charge < -0.3 is 0 Å². The van der Waals surface area contributed by atoms with Crippen LogP contribution in [0, 0.1) is 6.92 Å². The molecule has 0 saturated heterocycles. The van der Waals surface area contributed by atoms with Gasteiger partial charge in [-0.3, -0.25) is 4.68 Å². The quantitative estimate of drug-likeness (QED) is 0.743. The fraction of sp³-hybridized carbons (Fsp3) is 0.462. The normalized spacial score (nSPS) is 11.9. The van der Waals surface area contributed by atoms with Crippen LogP contribution in [0.1, 0.15) is 32.2 Å². The molecule has 2 rings (SSSR count). The minimum absolute atomic E-state index is 0.131. The van der Waals surface area contributed by atoms with Crippen molar-refractivity contribution in [1.82, 2.24) is 19.7 Å². The minimum Gasteiger partial charge on any atom is -0.275 e. The van der Waals surface area contributed by atoms with E-state index in [4.69, 9.17) is 11.6 Å². The van der Waals surface area contributed by atoms with Crippen LogP contribution in [0.2, 0.25) is 5.15 Å². The van der Waals surface area contributed by atoms with E-state index in [0.717, 1.165) is 22.6 Å². The van der Waals surface area contributed by atoms with E-state index in [1.807, 2.05) is 20.2 Å². The molecule has 4 nitrogen and oxygen atoms in total. The van der Waals surface area contributed by atoms with E-state index in [-0.39, 0.29) is 5.41 Å². The van der Waals surface area contributed by atoms with Gasteiger partial charge in [0.05, 0.1) is 11.9 Å². The zero-order valence-electron chi connectivity index (χ0n) is 11.3. The van der Waals surface area contributed by atoms with E-state index in [1.165, 1.54) is 0 Å². The van der Waals surface area contributed by atoms with Crippen molar-refractivity contribution in [3.8, 4) is 11.3 Å². The summed E-state index contributed by atoms with van der Waals surface area (Å²) in [6.45, 7) is 8.14. The number of halogens is 1. The molecule has 0 radical (unpaired) electrons. The molecule has 0 aliphatic carbocycles. The third-order valence-electron chi connectivity index (χ3n) is 2.74. The Kier molecular flexibility index (Phi) is 3.15. The number of aryl methyl sites for hydroxylation is 1. The molecule has 2 aromatic heterocycles. The minimum atomic E-state index is -0.131. The van der Waals surface area contributed by atoms with Crippen molar-refractivity contribution in [2.75, 3.05) is 0 Å². The van der Waals surface area contributed by atoms with Crippen molar-refractivity contribution in [3.05, 3.63) is 28.9 Å². The first-order valence-electron chi connectivity index (χ1n) is 5.82. The highest BCUT2D eigenvalue weighted by atomic mass is 35.5. The number of hydrogen-bond acceptors (Lipinski definition) is 3. The van der Waals surface area contributed by atoms with Gasteiger partial charge >= 0.3 is 0 Å². The molecular weight excluding hydrogens is 248 g/mol. The average molecular weight is 265 g/mol. The second kappa shape index (κ2) is 4.35. The molecule has 0 N–H and O–H groups in total. The second-order valence-corrected chi connectivity index (χ2v) is 5.82. The van der Waals surface area contributed by atoms with Crippen molar-refractivity contribution >= 4 is 11.6 Å². The van der Waals surface area contributed by atoms with E-state index in [1.54, 1.807) is 10.9 Å². The number of hydrogen-bond donors (Lipinski definition) is 0. The van der Waals surface area contributed by atoms with Crippen LogP contribution in [-0.2, 0) is 12.5 Å². The highest BCUT2D eigenvalue weighted by molar-refractivity contribution is 6.30.